The standard InChI is InChI=1S/C22H34N4O2/c1-16(2)24(3)22(28)18-9-11-26(12-10-18)21(27)15-25-13-19(20(23)14-25)17-7-5-4-6-8-17/h4-8,16,18-20H,9-15,23H2,1-3H3/t19-,20+/m0/s1. The van der Waals surface area contributed by atoms with E-state index < -0.39 is 0 Å². The van der Waals surface area contributed by atoms with Gasteiger partial charge in [-0.05, 0) is 32.3 Å². The van der Waals surface area contributed by atoms with E-state index in [0.29, 0.717) is 19.6 Å². The topological polar surface area (TPSA) is 69.9 Å². The summed E-state index contributed by atoms with van der Waals surface area (Å²) in [5.41, 5.74) is 7.60. The number of likely N-dealkylation sites (tertiary alicyclic amines) is 2. The van der Waals surface area contributed by atoms with Gasteiger partial charge in [0.15, 0.2) is 0 Å². The fourth-order valence-electron chi connectivity index (χ4n) is 4.31. The van der Waals surface area contributed by atoms with Crippen molar-refractivity contribution in [2.45, 2.75) is 44.7 Å². The number of nitrogens with zero attached hydrogens (tertiary/aromatic N) is 3. The van der Waals surface area contributed by atoms with E-state index >= 15 is 0 Å². The number of hydrogen-bond donors (Lipinski definition) is 1. The lowest BCUT2D eigenvalue weighted by molar-refractivity contribution is -0.141. The Bertz CT molecular complexity index is 670. The number of nitrogens with two attached hydrogens (primary N) is 1. The molecule has 28 heavy (non-hydrogen) atoms. The molecule has 0 radical (unpaired) electrons. The van der Waals surface area contributed by atoms with Gasteiger partial charge < -0.3 is 15.5 Å². The zero-order valence-corrected chi connectivity index (χ0v) is 17.4. The number of amides is 2. The van der Waals surface area contributed by atoms with Crippen LogP contribution in [-0.4, -0.2) is 78.4 Å². The fraction of sp³-hybridized carbons (Fsp3) is 0.636. The summed E-state index contributed by atoms with van der Waals surface area (Å²) >= 11 is 0. The number of piperidine rings is 1. The average molecular weight is 387 g/mol. The lowest BCUT2D eigenvalue weighted by Gasteiger charge is -2.35. The largest absolute Gasteiger partial charge is 0.343 e. The van der Waals surface area contributed by atoms with Crippen LogP contribution in [0.2, 0.25) is 0 Å². The number of benzene rings is 1. The van der Waals surface area contributed by atoms with Crippen LogP contribution in [0.5, 0.6) is 0 Å². The zero-order chi connectivity index (χ0) is 20.3. The van der Waals surface area contributed by atoms with Gasteiger partial charge in [-0.3, -0.25) is 14.5 Å². The van der Waals surface area contributed by atoms with Gasteiger partial charge in [-0.2, -0.15) is 0 Å². The highest BCUT2D eigenvalue weighted by molar-refractivity contribution is 5.81. The molecule has 0 unspecified atom stereocenters. The molecule has 2 N–H and O–H groups in total. The molecule has 2 aliphatic heterocycles. The SMILES string of the molecule is CC(C)N(C)C(=O)C1CCN(C(=O)CN2C[C@@H](N)[C@H](c3ccccc3)C2)CC1. The molecular formula is C22H34N4O2. The van der Waals surface area contributed by atoms with Crippen molar-refractivity contribution < 1.29 is 9.59 Å². The van der Waals surface area contributed by atoms with Crippen LogP contribution in [0.15, 0.2) is 30.3 Å². The van der Waals surface area contributed by atoms with Gasteiger partial charge in [0.25, 0.3) is 0 Å². The zero-order valence-electron chi connectivity index (χ0n) is 17.4. The first-order chi connectivity index (χ1) is 13.4. The smallest absolute Gasteiger partial charge is 0.236 e. The lowest BCUT2D eigenvalue weighted by atomic mass is 9.95. The summed E-state index contributed by atoms with van der Waals surface area (Å²) in [5.74, 6) is 0.686. The molecule has 2 atom stereocenters. The Kier molecular flexibility index (Phi) is 6.73. The fourth-order valence-corrected chi connectivity index (χ4v) is 4.31. The summed E-state index contributed by atoms with van der Waals surface area (Å²) in [6.07, 6.45) is 1.52. The predicted molar refractivity (Wildman–Crippen MR) is 111 cm³/mol. The van der Waals surface area contributed by atoms with Gasteiger partial charge in [-0.1, -0.05) is 30.3 Å². The third-order valence-electron chi connectivity index (χ3n) is 6.35. The summed E-state index contributed by atoms with van der Waals surface area (Å²) in [6.45, 7) is 7.39. The molecule has 1 aromatic carbocycles. The van der Waals surface area contributed by atoms with Crippen molar-refractivity contribution in [3.8, 4) is 0 Å². The van der Waals surface area contributed by atoms with Gasteiger partial charge in [0.2, 0.25) is 11.8 Å². The van der Waals surface area contributed by atoms with Crippen molar-refractivity contribution >= 4 is 11.8 Å². The summed E-state index contributed by atoms with van der Waals surface area (Å²) in [6, 6.07) is 10.6. The van der Waals surface area contributed by atoms with E-state index in [4.69, 9.17) is 5.73 Å². The highest BCUT2D eigenvalue weighted by atomic mass is 16.2. The van der Waals surface area contributed by atoms with Crippen LogP contribution in [0, 0.1) is 5.92 Å². The van der Waals surface area contributed by atoms with E-state index in [9.17, 15) is 9.59 Å². The van der Waals surface area contributed by atoms with Gasteiger partial charge in [-0.25, -0.2) is 0 Å². The summed E-state index contributed by atoms with van der Waals surface area (Å²) in [7, 11) is 1.87. The molecule has 0 saturated carbocycles. The second kappa shape index (κ2) is 9.05. The molecule has 0 aromatic heterocycles. The van der Waals surface area contributed by atoms with E-state index in [1.54, 1.807) is 0 Å². The Morgan fingerprint density at radius 1 is 1.14 bits per heavy atom. The second-order valence-corrected chi connectivity index (χ2v) is 8.57. The highest BCUT2D eigenvalue weighted by Gasteiger charge is 2.34. The van der Waals surface area contributed by atoms with Crippen LogP contribution in [-0.2, 0) is 9.59 Å². The maximum atomic E-state index is 12.8. The van der Waals surface area contributed by atoms with Crippen LogP contribution in [0.3, 0.4) is 0 Å². The summed E-state index contributed by atoms with van der Waals surface area (Å²) in [4.78, 5) is 31.2. The molecule has 0 aliphatic carbocycles. The molecule has 0 bridgehead atoms. The van der Waals surface area contributed by atoms with Crippen molar-refractivity contribution in [3.05, 3.63) is 35.9 Å². The molecule has 6 heteroatoms. The summed E-state index contributed by atoms with van der Waals surface area (Å²) < 4.78 is 0. The molecule has 2 amide bonds. The molecule has 2 saturated heterocycles. The Hall–Kier alpha value is -1.92. The average Bonchev–Trinajstić information content (AvgIpc) is 3.07. The van der Waals surface area contributed by atoms with E-state index in [1.165, 1.54) is 5.56 Å². The highest BCUT2D eigenvalue weighted by Crippen LogP contribution is 2.26. The Labute approximate surface area is 168 Å². The minimum atomic E-state index is 0.0409. The normalized spacial score (nSPS) is 24.0. The van der Waals surface area contributed by atoms with Gasteiger partial charge in [0, 0.05) is 57.1 Å². The lowest BCUT2D eigenvalue weighted by Crippen LogP contribution is -2.47. The number of carbonyl (C=O) groups is 2. The molecule has 1 aromatic rings. The van der Waals surface area contributed by atoms with Gasteiger partial charge >= 0.3 is 0 Å². The van der Waals surface area contributed by atoms with Crippen LogP contribution in [0.1, 0.15) is 38.2 Å². The second-order valence-electron chi connectivity index (χ2n) is 8.57. The molecular weight excluding hydrogens is 352 g/mol. The van der Waals surface area contributed by atoms with Gasteiger partial charge in [-0.15, -0.1) is 0 Å². The molecule has 2 fully saturated rings. The first-order valence-electron chi connectivity index (χ1n) is 10.4. The van der Waals surface area contributed by atoms with E-state index in [-0.39, 0.29) is 35.7 Å². The van der Waals surface area contributed by atoms with Gasteiger partial charge in [0.05, 0.1) is 6.54 Å². The van der Waals surface area contributed by atoms with E-state index in [1.807, 2.05) is 48.9 Å². The Balaban J connectivity index is 1.48. The minimum Gasteiger partial charge on any atom is -0.343 e. The van der Waals surface area contributed by atoms with Crippen LogP contribution >= 0.6 is 0 Å². The minimum absolute atomic E-state index is 0.0409. The molecule has 3 rings (SSSR count). The quantitative estimate of drug-likeness (QED) is 0.833. The molecule has 154 valence electrons. The summed E-state index contributed by atoms with van der Waals surface area (Å²) in [5, 5.41) is 0. The van der Waals surface area contributed by atoms with E-state index in [2.05, 4.69) is 17.0 Å². The maximum absolute atomic E-state index is 12.8. The third kappa shape index (κ3) is 4.73. The Morgan fingerprint density at radius 3 is 2.39 bits per heavy atom. The monoisotopic (exact) mass is 386 g/mol. The molecule has 6 nitrogen and oxygen atoms in total. The van der Waals surface area contributed by atoms with Crippen LogP contribution in [0.25, 0.3) is 0 Å². The number of hydrogen-bond acceptors (Lipinski definition) is 4. The van der Waals surface area contributed by atoms with Crippen molar-refractivity contribution in [2.75, 3.05) is 39.8 Å². The molecule has 0 spiro atoms. The van der Waals surface area contributed by atoms with Crippen molar-refractivity contribution in [1.29, 1.82) is 0 Å². The Morgan fingerprint density at radius 2 is 1.79 bits per heavy atom. The molecule has 2 aliphatic rings. The predicted octanol–water partition coefficient (Wildman–Crippen LogP) is 1.52. The maximum Gasteiger partial charge on any atom is 0.236 e. The van der Waals surface area contributed by atoms with Gasteiger partial charge in [0.1, 0.15) is 0 Å². The first kappa shape index (κ1) is 20.8. The van der Waals surface area contributed by atoms with Crippen LogP contribution in [0.4, 0.5) is 0 Å². The molecule has 2 heterocycles. The van der Waals surface area contributed by atoms with Crippen molar-refractivity contribution in [3.63, 3.8) is 0 Å². The first-order valence-corrected chi connectivity index (χ1v) is 10.4. The number of rotatable bonds is 5. The number of carbonyl (C=O) groups excluding carboxylic acids is 2. The third-order valence-corrected chi connectivity index (χ3v) is 6.35. The van der Waals surface area contributed by atoms with Crippen molar-refractivity contribution in [1.82, 2.24) is 14.7 Å². The van der Waals surface area contributed by atoms with E-state index in [0.717, 1.165) is 25.9 Å². The van der Waals surface area contributed by atoms with Crippen LogP contribution < -0.4 is 5.73 Å². The van der Waals surface area contributed by atoms with Crippen molar-refractivity contribution in [2.24, 2.45) is 11.7 Å².